The molecule has 1 N–H and O–H groups in total. The van der Waals surface area contributed by atoms with Gasteiger partial charge in [-0.25, -0.2) is 4.98 Å². The zero-order chi connectivity index (χ0) is 10.1. The number of hydrogen-bond acceptors (Lipinski definition) is 3. The van der Waals surface area contributed by atoms with Crippen LogP contribution in [0.3, 0.4) is 0 Å². The molecule has 0 aliphatic rings. The fourth-order valence-electron chi connectivity index (χ4n) is 0.917. The molecule has 0 aromatic carbocycles. The van der Waals surface area contributed by atoms with Crippen LogP contribution in [0.5, 0.6) is 0 Å². The summed E-state index contributed by atoms with van der Waals surface area (Å²) in [4.78, 5) is 27.8. The third-order valence-corrected chi connectivity index (χ3v) is 1.64. The van der Waals surface area contributed by atoms with Crippen molar-refractivity contribution < 1.29 is 4.79 Å². The average molecular weight is 180 g/mol. The highest BCUT2D eigenvalue weighted by molar-refractivity contribution is 5.68. The minimum Gasteiger partial charge on any atom is -0.304 e. The highest BCUT2D eigenvalue weighted by Gasteiger charge is 2.16. The van der Waals surface area contributed by atoms with E-state index in [1.165, 1.54) is 6.07 Å². The van der Waals surface area contributed by atoms with Crippen LogP contribution in [0, 0.1) is 0 Å². The molecule has 1 rings (SSSR count). The number of rotatable bonds is 1. The summed E-state index contributed by atoms with van der Waals surface area (Å²) in [6.45, 7) is 5.80. The number of aldehydes is 1. The Morgan fingerprint density at radius 2 is 2.08 bits per heavy atom. The van der Waals surface area contributed by atoms with Crippen molar-refractivity contribution >= 4 is 6.29 Å². The van der Waals surface area contributed by atoms with Crippen molar-refractivity contribution in [2.24, 2.45) is 0 Å². The predicted octanol–water partition coefficient (Wildman–Crippen LogP) is 0.880. The highest BCUT2D eigenvalue weighted by atomic mass is 16.1. The van der Waals surface area contributed by atoms with Crippen LogP contribution >= 0.6 is 0 Å². The molecule has 0 radical (unpaired) electrons. The Hall–Kier alpha value is -1.45. The van der Waals surface area contributed by atoms with Crippen LogP contribution in [0.1, 0.15) is 37.1 Å². The van der Waals surface area contributed by atoms with Gasteiger partial charge in [0, 0.05) is 11.5 Å². The van der Waals surface area contributed by atoms with Crippen molar-refractivity contribution in [2.45, 2.75) is 26.2 Å². The second-order valence-corrected chi connectivity index (χ2v) is 3.88. The quantitative estimate of drug-likeness (QED) is 0.652. The van der Waals surface area contributed by atoms with Crippen molar-refractivity contribution in [2.75, 3.05) is 0 Å². The third-order valence-electron chi connectivity index (χ3n) is 1.64. The van der Waals surface area contributed by atoms with Gasteiger partial charge in [-0.3, -0.25) is 9.59 Å². The third kappa shape index (κ3) is 2.24. The molecule has 0 spiro atoms. The summed E-state index contributed by atoms with van der Waals surface area (Å²) in [6, 6.07) is 1.41. The van der Waals surface area contributed by atoms with Gasteiger partial charge in [-0.15, -0.1) is 0 Å². The Labute approximate surface area is 76.0 Å². The number of aromatic nitrogens is 2. The van der Waals surface area contributed by atoms with Crippen LogP contribution < -0.4 is 5.56 Å². The Morgan fingerprint density at radius 3 is 2.54 bits per heavy atom. The minimum atomic E-state index is -0.290. The van der Waals surface area contributed by atoms with E-state index in [4.69, 9.17) is 0 Å². The van der Waals surface area contributed by atoms with Crippen molar-refractivity contribution in [3.8, 4) is 0 Å². The molecule has 4 heteroatoms. The maximum atomic E-state index is 11.1. The first kappa shape index (κ1) is 9.64. The lowest BCUT2D eigenvalue weighted by atomic mass is 9.92. The van der Waals surface area contributed by atoms with Crippen LogP contribution in [-0.4, -0.2) is 16.3 Å². The number of nitrogens with one attached hydrogen (secondary N) is 1. The largest absolute Gasteiger partial charge is 0.304 e. The summed E-state index contributed by atoms with van der Waals surface area (Å²) in [5.41, 5.74) is 0.117. The van der Waals surface area contributed by atoms with Crippen LogP contribution in [0.2, 0.25) is 0 Å². The van der Waals surface area contributed by atoms with E-state index in [1.54, 1.807) is 0 Å². The number of H-pyrrole nitrogens is 1. The van der Waals surface area contributed by atoms with E-state index >= 15 is 0 Å². The van der Waals surface area contributed by atoms with Crippen LogP contribution in [0.25, 0.3) is 0 Å². The Kier molecular flexibility index (Phi) is 2.32. The molecule has 0 saturated carbocycles. The molecule has 13 heavy (non-hydrogen) atoms. The van der Waals surface area contributed by atoms with Crippen molar-refractivity contribution in [3.05, 3.63) is 27.9 Å². The SMILES string of the molecule is CC(C)(C)c1cc(=O)[nH]c(C=O)n1. The maximum Gasteiger partial charge on any atom is 0.251 e. The Morgan fingerprint density at radius 1 is 1.46 bits per heavy atom. The van der Waals surface area contributed by atoms with Gasteiger partial charge >= 0.3 is 0 Å². The number of aromatic amines is 1. The van der Waals surface area contributed by atoms with Crippen molar-refractivity contribution in [1.82, 2.24) is 9.97 Å². The standard InChI is InChI=1S/C9H12N2O2/c1-9(2,3)6-4-8(13)11-7(5-12)10-6/h4-5H,1-3H3,(H,10,11,13). The molecule has 0 fully saturated rings. The lowest BCUT2D eigenvalue weighted by molar-refractivity contribution is 0.111. The second kappa shape index (κ2) is 3.12. The molecule has 4 nitrogen and oxygen atoms in total. The number of hydrogen-bond donors (Lipinski definition) is 1. The Balaban J connectivity index is 3.32. The number of carbonyl (C=O) groups is 1. The summed E-state index contributed by atoms with van der Waals surface area (Å²) in [5.74, 6) is 0.0809. The van der Waals surface area contributed by atoms with Crippen molar-refractivity contribution in [1.29, 1.82) is 0 Å². The van der Waals surface area contributed by atoms with E-state index in [9.17, 15) is 9.59 Å². The summed E-state index contributed by atoms with van der Waals surface area (Å²) in [6.07, 6.45) is 0.538. The molecule has 0 aliphatic heterocycles. The zero-order valence-electron chi connectivity index (χ0n) is 7.92. The number of nitrogens with zero attached hydrogens (tertiary/aromatic N) is 1. The second-order valence-electron chi connectivity index (χ2n) is 3.88. The van der Waals surface area contributed by atoms with Gasteiger partial charge in [0.05, 0.1) is 5.69 Å². The fourth-order valence-corrected chi connectivity index (χ4v) is 0.917. The molecule has 0 atom stereocenters. The molecular formula is C9H12N2O2. The fraction of sp³-hybridized carbons (Fsp3) is 0.444. The molecule has 70 valence electrons. The first-order valence-electron chi connectivity index (χ1n) is 4.00. The topological polar surface area (TPSA) is 62.8 Å². The van der Waals surface area contributed by atoms with E-state index < -0.39 is 0 Å². The molecule has 0 unspecified atom stereocenters. The summed E-state index contributed by atoms with van der Waals surface area (Å²) in [7, 11) is 0. The van der Waals surface area contributed by atoms with Gasteiger partial charge < -0.3 is 4.98 Å². The van der Waals surface area contributed by atoms with Gasteiger partial charge in [0.1, 0.15) is 0 Å². The molecule has 1 aromatic rings. The lowest BCUT2D eigenvalue weighted by Crippen LogP contribution is -2.20. The van der Waals surface area contributed by atoms with Gasteiger partial charge in [-0.1, -0.05) is 20.8 Å². The van der Waals surface area contributed by atoms with E-state index in [0.717, 1.165) is 0 Å². The summed E-state index contributed by atoms with van der Waals surface area (Å²) >= 11 is 0. The van der Waals surface area contributed by atoms with E-state index in [-0.39, 0.29) is 16.8 Å². The first-order chi connectivity index (χ1) is 5.93. The van der Waals surface area contributed by atoms with Gasteiger partial charge in [0.15, 0.2) is 12.1 Å². The summed E-state index contributed by atoms with van der Waals surface area (Å²) < 4.78 is 0. The van der Waals surface area contributed by atoms with Gasteiger partial charge in [-0.2, -0.15) is 0 Å². The predicted molar refractivity (Wildman–Crippen MR) is 48.9 cm³/mol. The lowest BCUT2D eigenvalue weighted by Gasteiger charge is -2.16. The number of carbonyl (C=O) groups excluding carboxylic acids is 1. The molecule has 1 aromatic heterocycles. The monoisotopic (exact) mass is 180 g/mol. The summed E-state index contributed by atoms with van der Waals surface area (Å²) in [5, 5.41) is 0. The van der Waals surface area contributed by atoms with E-state index in [2.05, 4.69) is 9.97 Å². The molecule has 0 amide bonds. The highest BCUT2D eigenvalue weighted by Crippen LogP contribution is 2.17. The maximum absolute atomic E-state index is 11.1. The van der Waals surface area contributed by atoms with E-state index in [0.29, 0.717) is 12.0 Å². The molecule has 0 aliphatic carbocycles. The molecule has 0 saturated heterocycles. The first-order valence-corrected chi connectivity index (χ1v) is 4.00. The minimum absolute atomic E-state index is 0.0809. The normalized spacial score (nSPS) is 11.3. The van der Waals surface area contributed by atoms with Crippen LogP contribution in [0.15, 0.2) is 10.9 Å². The van der Waals surface area contributed by atoms with Crippen molar-refractivity contribution in [3.63, 3.8) is 0 Å². The van der Waals surface area contributed by atoms with Crippen LogP contribution in [-0.2, 0) is 5.41 Å². The smallest absolute Gasteiger partial charge is 0.251 e. The van der Waals surface area contributed by atoms with Crippen LogP contribution in [0.4, 0.5) is 0 Å². The van der Waals surface area contributed by atoms with Gasteiger partial charge in [0.2, 0.25) is 0 Å². The molecule has 0 bridgehead atoms. The zero-order valence-corrected chi connectivity index (χ0v) is 7.92. The molecular weight excluding hydrogens is 168 g/mol. The average Bonchev–Trinajstić information content (AvgIpc) is 2.01. The van der Waals surface area contributed by atoms with E-state index in [1.807, 2.05) is 20.8 Å². The van der Waals surface area contributed by atoms with Gasteiger partial charge in [-0.05, 0) is 0 Å². The molecule has 1 heterocycles. The van der Waals surface area contributed by atoms with Gasteiger partial charge in [0.25, 0.3) is 5.56 Å². The Bertz CT molecular complexity index is 374.